The monoisotopic (exact) mass is 365 g/mol. The summed E-state index contributed by atoms with van der Waals surface area (Å²) in [6, 6.07) is 11.5. The van der Waals surface area contributed by atoms with Crippen LogP contribution >= 0.6 is 0 Å². The average Bonchev–Trinajstić information content (AvgIpc) is 3.17. The molecule has 1 aromatic carbocycles. The van der Waals surface area contributed by atoms with Crippen molar-refractivity contribution in [1.82, 2.24) is 14.9 Å². The molecule has 1 N–H and O–H groups in total. The predicted molar refractivity (Wildman–Crippen MR) is 105 cm³/mol. The Morgan fingerprint density at radius 3 is 2.93 bits per heavy atom. The molecule has 0 spiro atoms. The SMILES string of the molecule is COc1ccc(CN2CCC(c3cc4ncccc4c(=O)[nH]3)C2)c(OC)c1. The van der Waals surface area contributed by atoms with Crippen LogP contribution in [0.5, 0.6) is 11.5 Å². The van der Waals surface area contributed by atoms with E-state index in [1.165, 1.54) is 0 Å². The van der Waals surface area contributed by atoms with E-state index in [4.69, 9.17) is 9.47 Å². The fraction of sp³-hybridized carbons (Fsp3) is 0.333. The number of fused-ring (bicyclic) bond motifs is 1. The molecule has 3 heterocycles. The maximum Gasteiger partial charge on any atom is 0.257 e. The van der Waals surface area contributed by atoms with Gasteiger partial charge < -0.3 is 14.5 Å². The summed E-state index contributed by atoms with van der Waals surface area (Å²) in [5.74, 6) is 1.92. The first-order valence-corrected chi connectivity index (χ1v) is 9.09. The topological polar surface area (TPSA) is 67.5 Å². The summed E-state index contributed by atoms with van der Waals surface area (Å²) in [4.78, 5) is 22.1. The van der Waals surface area contributed by atoms with E-state index in [1.807, 2.05) is 30.3 Å². The molecule has 4 rings (SSSR count). The van der Waals surface area contributed by atoms with Crippen LogP contribution in [0.15, 0.2) is 47.4 Å². The lowest BCUT2D eigenvalue weighted by molar-refractivity contribution is 0.315. The number of rotatable bonds is 5. The summed E-state index contributed by atoms with van der Waals surface area (Å²) in [7, 11) is 3.33. The Morgan fingerprint density at radius 2 is 2.11 bits per heavy atom. The van der Waals surface area contributed by atoms with E-state index in [2.05, 4.69) is 14.9 Å². The van der Waals surface area contributed by atoms with Gasteiger partial charge in [-0.2, -0.15) is 0 Å². The lowest BCUT2D eigenvalue weighted by Crippen LogP contribution is -2.21. The summed E-state index contributed by atoms with van der Waals surface area (Å²) in [5, 5.41) is 0.638. The molecule has 0 saturated carbocycles. The highest BCUT2D eigenvalue weighted by Gasteiger charge is 2.26. The van der Waals surface area contributed by atoms with E-state index < -0.39 is 0 Å². The smallest absolute Gasteiger partial charge is 0.257 e. The molecule has 6 heteroatoms. The Hall–Kier alpha value is -2.86. The summed E-state index contributed by atoms with van der Waals surface area (Å²) in [6.07, 6.45) is 2.73. The average molecular weight is 365 g/mol. The van der Waals surface area contributed by atoms with Crippen molar-refractivity contribution in [2.75, 3.05) is 27.3 Å². The Bertz CT molecular complexity index is 1010. The second-order valence-corrected chi connectivity index (χ2v) is 6.89. The zero-order valence-electron chi connectivity index (χ0n) is 15.6. The van der Waals surface area contributed by atoms with Gasteiger partial charge in [-0.25, -0.2) is 0 Å². The largest absolute Gasteiger partial charge is 0.497 e. The molecule has 27 heavy (non-hydrogen) atoms. The first kappa shape index (κ1) is 17.5. The van der Waals surface area contributed by atoms with Crippen molar-refractivity contribution in [3.8, 4) is 11.5 Å². The summed E-state index contributed by atoms with van der Waals surface area (Å²) < 4.78 is 10.8. The minimum Gasteiger partial charge on any atom is -0.497 e. The third-order valence-electron chi connectivity index (χ3n) is 5.23. The lowest BCUT2D eigenvalue weighted by Gasteiger charge is -2.18. The van der Waals surface area contributed by atoms with Gasteiger partial charge in [-0.3, -0.25) is 14.7 Å². The second kappa shape index (κ2) is 7.40. The maximum atomic E-state index is 12.3. The molecule has 0 aliphatic carbocycles. The minimum absolute atomic E-state index is 0.0640. The van der Waals surface area contributed by atoms with Crippen LogP contribution in [0.25, 0.3) is 10.9 Å². The van der Waals surface area contributed by atoms with E-state index in [0.717, 1.165) is 54.3 Å². The van der Waals surface area contributed by atoms with Crippen LogP contribution in [0, 0.1) is 0 Å². The predicted octanol–water partition coefficient (Wildman–Crippen LogP) is 2.93. The van der Waals surface area contributed by atoms with Crippen LogP contribution in [-0.2, 0) is 6.54 Å². The molecule has 6 nitrogen and oxygen atoms in total. The van der Waals surface area contributed by atoms with Gasteiger partial charge >= 0.3 is 0 Å². The Balaban J connectivity index is 1.52. The molecule has 0 bridgehead atoms. The minimum atomic E-state index is -0.0640. The fourth-order valence-electron chi connectivity index (χ4n) is 3.78. The molecular weight excluding hydrogens is 342 g/mol. The first-order chi connectivity index (χ1) is 13.2. The number of hydrogen-bond donors (Lipinski definition) is 1. The van der Waals surface area contributed by atoms with Crippen molar-refractivity contribution in [3.05, 3.63) is 64.2 Å². The van der Waals surface area contributed by atoms with Crippen molar-refractivity contribution >= 4 is 10.9 Å². The van der Waals surface area contributed by atoms with Gasteiger partial charge in [0.25, 0.3) is 5.56 Å². The van der Waals surface area contributed by atoms with E-state index in [1.54, 1.807) is 26.5 Å². The Morgan fingerprint density at radius 1 is 1.22 bits per heavy atom. The molecule has 140 valence electrons. The van der Waals surface area contributed by atoms with Gasteiger partial charge in [0.2, 0.25) is 0 Å². The number of likely N-dealkylation sites (tertiary alicyclic amines) is 1. The molecule has 1 atom stereocenters. The molecule has 1 fully saturated rings. The highest BCUT2D eigenvalue weighted by atomic mass is 16.5. The highest BCUT2D eigenvalue weighted by molar-refractivity contribution is 5.77. The third kappa shape index (κ3) is 3.53. The van der Waals surface area contributed by atoms with E-state index >= 15 is 0 Å². The fourth-order valence-corrected chi connectivity index (χ4v) is 3.78. The summed E-state index contributed by atoms with van der Waals surface area (Å²) >= 11 is 0. The van der Waals surface area contributed by atoms with Gasteiger partial charge in [-0.05, 0) is 37.2 Å². The van der Waals surface area contributed by atoms with Crippen LogP contribution in [0.1, 0.15) is 23.6 Å². The Labute approximate surface area is 157 Å². The number of ether oxygens (including phenoxy) is 2. The molecule has 0 radical (unpaired) electrons. The maximum absolute atomic E-state index is 12.3. The van der Waals surface area contributed by atoms with Gasteiger partial charge in [-0.1, -0.05) is 6.07 Å². The third-order valence-corrected chi connectivity index (χ3v) is 5.23. The van der Waals surface area contributed by atoms with E-state index in [9.17, 15) is 4.79 Å². The zero-order valence-corrected chi connectivity index (χ0v) is 15.6. The molecule has 1 aliphatic rings. The van der Waals surface area contributed by atoms with Crippen LogP contribution in [-0.4, -0.2) is 42.2 Å². The van der Waals surface area contributed by atoms with Gasteiger partial charge in [0.05, 0.1) is 25.1 Å². The molecule has 1 saturated heterocycles. The molecule has 1 aliphatic heterocycles. The molecule has 3 aromatic rings. The number of nitrogens with one attached hydrogen (secondary N) is 1. The summed E-state index contributed by atoms with van der Waals surface area (Å²) in [6.45, 7) is 2.67. The molecular formula is C21H23N3O3. The lowest BCUT2D eigenvalue weighted by atomic mass is 10.0. The van der Waals surface area contributed by atoms with Crippen LogP contribution in [0.4, 0.5) is 0 Å². The van der Waals surface area contributed by atoms with Crippen molar-refractivity contribution in [1.29, 1.82) is 0 Å². The number of benzene rings is 1. The number of H-pyrrole nitrogens is 1. The number of aromatic nitrogens is 2. The quantitative estimate of drug-likeness (QED) is 0.753. The number of hydrogen-bond acceptors (Lipinski definition) is 5. The summed E-state index contributed by atoms with van der Waals surface area (Å²) in [5.41, 5.74) is 2.79. The molecule has 0 amide bonds. The number of aromatic amines is 1. The number of methoxy groups -OCH3 is 2. The van der Waals surface area contributed by atoms with E-state index in [0.29, 0.717) is 11.3 Å². The highest BCUT2D eigenvalue weighted by Crippen LogP contribution is 2.30. The van der Waals surface area contributed by atoms with Crippen LogP contribution in [0.3, 0.4) is 0 Å². The van der Waals surface area contributed by atoms with Gasteiger partial charge in [0, 0.05) is 42.5 Å². The number of pyridine rings is 2. The number of nitrogens with zero attached hydrogens (tertiary/aromatic N) is 2. The van der Waals surface area contributed by atoms with Crippen molar-refractivity contribution < 1.29 is 9.47 Å². The van der Waals surface area contributed by atoms with Gasteiger partial charge in [0.1, 0.15) is 11.5 Å². The second-order valence-electron chi connectivity index (χ2n) is 6.89. The van der Waals surface area contributed by atoms with Crippen LogP contribution in [0.2, 0.25) is 0 Å². The first-order valence-electron chi connectivity index (χ1n) is 9.09. The molecule has 2 aromatic heterocycles. The van der Waals surface area contributed by atoms with E-state index in [-0.39, 0.29) is 5.56 Å². The van der Waals surface area contributed by atoms with Crippen molar-refractivity contribution in [2.24, 2.45) is 0 Å². The van der Waals surface area contributed by atoms with Crippen molar-refractivity contribution in [2.45, 2.75) is 18.9 Å². The van der Waals surface area contributed by atoms with Gasteiger partial charge in [0.15, 0.2) is 0 Å². The zero-order chi connectivity index (χ0) is 18.8. The standard InChI is InChI=1S/C21H23N3O3/c1-26-16-6-5-15(20(10-16)27-2)13-24-9-7-14(12-24)18-11-19-17(21(25)23-18)4-3-8-22-19/h3-6,8,10-11,14H,7,9,12-13H2,1-2H3,(H,23,25). The Kier molecular flexibility index (Phi) is 4.81. The molecule has 1 unspecified atom stereocenters. The van der Waals surface area contributed by atoms with Crippen LogP contribution < -0.4 is 15.0 Å². The van der Waals surface area contributed by atoms with Crippen molar-refractivity contribution in [3.63, 3.8) is 0 Å². The van der Waals surface area contributed by atoms with Gasteiger partial charge in [-0.15, -0.1) is 0 Å². The normalized spacial score (nSPS) is 17.3.